The number of carbonyl (C=O) groups excluding carboxylic acids is 1. The first-order valence-electron chi connectivity index (χ1n) is 7.96. The lowest BCUT2D eigenvalue weighted by Gasteiger charge is -2.15. The lowest BCUT2D eigenvalue weighted by Crippen LogP contribution is -2.28. The van der Waals surface area contributed by atoms with Crippen LogP contribution in [0.5, 0.6) is 0 Å². The number of anilines is 1. The largest absolute Gasteiger partial charge is 0.387 e. The van der Waals surface area contributed by atoms with E-state index in [0.717, 1.165) is 21.9 Å². The Morgan fingerprint density at radius 3 is 2.42 bits per heavy atom. The predicted octanol–water partition coefficient (Wildman–Crippen LogP) is 3.08. The predicted molar refractivity (Wildman–Crippen MR) is 101 cm³/mol. The normalized spacial score (nSPS) is 11.8. The van der Waals surface area contributed by atoms with Crippen LogP contribution in [-0.4, -0.2) is 37.4 Å². The molecule has 0 spiro atoms. The molecule has 1 amide bonds. The Morgan fingerprint density at radius 2 is 1.79 bits per heavy atom. The molecule has 0 bridgehead atoms. The number of thioether (sulfide) groups is 1. The second kappa shape index (κ2) is 9.35. The molecular formula is C19H24N2O2S. The van der Waals surface area contributed by atoms with E-state index < -0.39 is 6.10 Å². The lowest BCUT2D eigenvalue weighted by molar-refractivity contribution is -0.121. The number of benzene rings is 2. The first-order valence-corrected chi connectivity index (χ1v) is 8.94. The molecule has 0 heterocycles. The molecule has 24 heavy (non-hydrogen) atoms. The van der Waals surface area contributed by atoms with Gasteiger partial charge in [-0.15, -0.1) is 11.8 Å². The Morgan fingerprint density at radius 1 is 1.12 bits per heavy atom. The van der Waals surface area contributed by atoms with Crippen molar-refractivity contribution in [2.45, 2.75) is 17.4 Å². The SMILES string of the molecule is CN(C)c1ccc([C@@H](O)CNC(=O)CCSc2ccccc2)cc1. The summed E-state index contributed by atoms with van der Waals surface area (Å²) < 4.78 is 0. The number of aliphatic hydroxyl groups excluding tert-OH is 1. The third-order valence-corrected chi connectivity index (χ3v) is 4.64. The number of aliphatic hydroxyl groups is 1. The van der Waals surface area contributed by atoms with E-state index in [-0.39, 0.29) is 12.5 Å². The van der Waals surface area contributed by atoms with Crippen molar-refractivity contribution in [3.63, 3.8) is 0 Å². The van der Waals surface area contributed by atoms with Crippen molar-refractivity contribution in [1.29, 1.82) is 0 Å². The molecule has 0 aliphatic carbocycles. The first-order chi connectivity index (χ1) is 11.6. The summed E-state index contributed by atoms with van der Waals surface area (Å²) in [5.41, 5.74) is 1.88. The maximum atomic E-state index is 11.9. The van der Waals surface area contributed by atoms with Gasteiger partial charge in [0.15, 0.2) is 0 Å². The topological polar surface area (TPSA) is 52.6 Å². The van der Waals surface area contributed by atoms with Gasteiger partial charge in [-0.1, -0.05) is 30.3 Å². The number of amides is 1. The van der Waals surface area contributed by atoms with Crippen molar-refractivity contribution in [3.05, 3.63) is 60.2 Å². The highest BCUT2D eigenvalue weighted by molar-refractivity contribution is 7.99. The number of nitrogens with zero attached hydrogens (tertiary/aromatic N) is 1. The lowest BCUT2D eigenvalue weighted by atomic mass is 10.1. The quantitative estimate of drug-likeness (QED) is 0.723. The van der Waals surface area contributed by atoms with E-state index in [2.05, 4.69) is 5.32 Å². The number of rotatable bonds is 8. The minimum Gasteiger partial charge on any atom is -0.387 e. The molecule has 2 aromatic carbocycles. The van der Waals surface area contributed by atoms with Gasteiger partial charge < -0.3 is 15.3 Å². The van der Waals surface area contributed by atoms with Crippen LogP contribution in [0.1, 0.15) is 18.1 Å². The summed E-state index contributed by atoms with van der Waals surface area (Å²) in [5.74, 6) is 0.686. The molecule has 0 unspecified atom stereocenters. The highest BCUT2D eigenvalue weighted by Crippen LogP contribution is 2.19. The zero-order valence-electron chi connectivity index (χ0n) is 14.1. The smallest absolute Gasteiger partial charge is 0.220 e. The van der Waals surface area contributed by atoms with Crippen molar-refractivity contribution in [3.8, 4) is 0 Å². The highest BCUT2D eigenvalue weighted by Gasteiger charge is 2.10. The monoisotopic (exact) mass is 344 g/mol. The molecule has 2 N–H and O–H groups in total. The van der Waals surface area contributed by atoms with Crippen molar-refractivity contribution in [2.75, 3.05) is 31.3 Å². The van der Waals surface area contributed by atoms with E-state index in [0.29, 0.717) is 6.42 Å². The van der Waals surface area contributed by atoms with Crippen molar-refractivity contribution in [2.24, 2.45) is 0 Å². The van der Waals surface area contributed by atoms with E-state index >= 15 is 0 Å². The van der Waals surface area contributed by atoms with Crippen LogP contribution in [-0.2, 0) is 4.79 Å². The van der Waals surface area contributed by atoms with Gasteiger partial charge in [0, 0.05) is 43.4 Å². The Labute approximate surface area is 147 Å². The van der Waals surface area contributed by atoms with Crippen LogP contribution >= 0.6 is 11.8 Å². The van der Waals surface area contributed by atoms with E-state index in [1.807, 2.05) is 73.6 Å². The fourth-order valence-corrected chi connectivity index (χ4v) is 3.06. The summed E-state index contributed by atoms with van der Waals surface area (Å²) in [6.07, 6.45) is -0.252. The van der Waals surface area contributed by atoms with Crippen molar-refractivity contribution in [1.82, 2.24) is 5.32 Å². The maximum absolute atomic E-state index is 11.9. The highest BCUT2D eigenvalue weighted by atomic mass is 32.2. The molecule has 0 saturated carbocycles. The molecular weight excluding hydrogens is 320 g/mol. The summed E-state index contributed by atoms with van der Waals surface area (Å²) in [4.78, 5) is 15.0. The Kier molecular flexibility index (Phi) is 7.15. The van der Waals surface area contributed by atoms with Crippen LogP contribution in [0.3, 0.4) is 0 Å². The molecule has 0 saturated heterocycles. The van der Waals surface area contributed by atoms with Gasteiger partial charge in [0.05, 0.1) is 6.10 Å². The average Bonchev–Trinajstić information content (AvgIpc) is 2.60. The molecule has 0 fully saturated rings. The summed E-state index contributed by atoms with van der Waals surface area (Å²) in [5, 5.41) is 13.0. The second-order valence-electron chi connectivity index (χ2n) is 5.72. The summed E-state index contributed by atoms with van der Waals surface area (Å²) >= 11 is 1.66. The molecule has 0 radical (unpaired) electrons. The summed E-state index contributed by atoms with van der Waals surface area (Å²) in [6.45, 7) is 0.232. The Hall–Kier alpha value is -1.98. The van der Waals surface area contributed by atoms with E-state index in [4.69, 9.17) is 0 Å². The Balaban J connectivity index is 1.70. The maximum Gasteiger partial charge on any atom is 0.220 e. The molecule has 0 aliphatic heterocycles. The fourth-order valence-electron chi connectivity index (χ4n) is 2.19. The second-order valence-corrected chi connectivity index (χ2v) is 6.89. The molecule has 0 aromatic heterocycles. The molecule has 4 nitrogen and oxygen atoms in total. The van der Waals surface area contributed by atoms with Gasteiger partial charge in [0.1, 0.15) is 0 Å². The standard InChI is InChI=1S/C19H24N2O2S/c1-21(2)16-10-8-15(9-11-16)18(22)14-20-19(23)12-13-24-17-6-4-3-5-7-17/h3-11,18,22H,12-14H2,1-2H3,(H,20,23)/t18-/m0/s1. The summed E-state index contributed by atoms with van der Waals surface area (Å²) in [6, 6.07) is 17.7. The van der Waals surface area contributed by atoms with Gasteiger partial charge in [-0.3, -0.25) is 4.79 Å². The zero-order chi connectivity index (χ0) is 17.4. The molecule has 5 heteroatoms. The van der Waals surface area contributed by atoms with Crippen LogP contribution < -0.4 is 10.2 Å². The zero-order valence-corrected chi connectivity index (χ0v) is 14.9. The molecule has 0 aliphatic rings. The van der Waals surface area contributed by atoms with E-state index in [1.165, 1.54) is 0 Å². The van der Waals surface area contributed by atoms with Crippen molar-refractivity contribution >= 4 is 23.4 Å². The average molecular weight is 344 g/mol. The molecule has 2 rings (SSSR count). The first kappa shape index (κ1) is 18.4. The number of carbonyl (C=O) groups is 1. The van der Waals surface area contributed by atoms with Crippen LogP contribution in [0.25, 0.3) is 0 Å². The van der Waals surface area contributed by atoms with Gasteiger partial charge in [-0.05, 0) is 29.8 Å². The van der Waals surface area contributed by atoms with Crippen LogP contribution in [0.4, 0.5) is 5.69 Å². The van der Waals surface area contributed by atoms with Crippen molar-refractivity contribution < 1.29 is 9.90 Å². The minimum atomic E-state index is -0.688. The Bertz CT molecular complexity index is 630. The van der Waals surface area contributed by atoms with Crippen LogP contribution in [0.2, 0.25) is 0 Å². The minimum absolute atomic E-state index is 0.0395. The van der Waals surface area contributed by atoms with Gasteiger partial charge in [0.25, 0.3) is 0 Å². The molecule has 128 valence electrons. The number of hydrogen-bond donors (Lipinski definition) is 2. The number of hydrogen-bond acceptors (Lipinski definition) is 4. The van der Waals surface area contributed by atoms with Crippen LogP contribution in [0.15, 0.2) is 59.5 Å². The van der Waals surface area contributed by atoms with Gasteiger partial charge in [0.2, 0.25) is 5.91 Å². The third kappa shape index (κ3) is 5.91. The third-order valence-electron chi connectivity index (χ3n) is 3.63. The fraction of sp³-hybridized carbons (Fsp3) is 0.316. The van der Waals surface area contributed by atoms with Gasteiger partial charge in [-0.2, -0.15) is 0 Å². The summed E-state index contributed by atoms with van der Waals surface area (Å²) in [7, 11) is 3.94. The molecule has 2 aromatic rings. The molecule has 1 atom stereocenters. The van der Waals surface area contributed by atoms with E-state index in [1.54, 1.807) is 11.8 Å². The number of nitrogens with one attached hydrogen (secondary N) is 1. The van der Waals surface area contributed by atoms with Gasteiger partial charge in [-0.25, -0.2) is 0 Å². The van der Waals surface area contributed by atoms with Crippen LogP contribution in [0, 0.1) is 0 Å². The van der Waals surface area contributed by atoms with E-state index in [9.17, 15) is 9.90 Å². The van der Waals surface area contributed by atoms with Gasteiger partial charge >= 0.3 is 0 Å².